The number of ketones is 1. The van der Waals surface area contributed by atoms with Gasteiger partial charge in [-0.1, -0.05) is 19.1 Å². The number of carbonyl (C=O) groups is 1. The lowest BCUT2D eigenvalue weighted by molar-refractivity contribution is -0.117. The summed E-state index contributed by atoms with van der Waals surface area (Å²) in [6.45, 7) is 2.95. The number of hydrogen-bond acceptors (Lipinski definition) is 2. The number of hydrogen-bond donors (Lipinski definition) is 0. The summed E-state index contributed by atoms with van der Waals surface area (Å²) < 4.78 is 15.0. The number of Topliss-reactive ketones (excluding diaryl/α,β-unsaturated/α-hetero) is 1. The number of imidazole rings is 1. The molecule has 1 heterocycles. The summed E-state index contributed by atoms with van der Waals surface area (Å²) in [6, 6.07) is 6.16. The molecule has 100 valence electrons. The van der Waals surface area contributed by atoms with E-state index in [1.54, 1.807) is 18.3 Å². The maximum atomic E-state index is 13.0. The van der Waals surface area contributed by atoms with Crippen LogP contribution in [0.5, 0.6) is 0 Å². The van der Waals surface area contributed by atoms with E-state index in [1.807, 2.05) is 10.8 Å². The summed E-state index contributed by atoms with van der Waals surface area (Å²) in [5, 5.41) is 0. The molecule has 19 heavy (non-hydrogen) atoms. The Hall–Kier alpha value is -1.97. The minimum atomic E-state index is -0.308. The van der Waals surface area contributed by atoms with Gasteiger partial charge in [0.05, 0.1) is 6.42 Å². The van der Waals surface area contributed by atoms with Crippen LogP contribution in [-0.2, 0) is 24.2 Å². The normalized spacial score (nSPS) is 10.6. The molecule has 0 saturated heterocycles. The lowest BCUT2D eigenvalue weighted by atomic mass is 10.1. The molecule has 0 radical (unpaired) electrons. The van der Waals surface area contributed by atoms with Gasteiger partial charge < -0.3 is 4.57 Å². The van der Waals surface area contributed by atoms with Gasteiger partial charge in [0.1, 0.15) is 17.4 Å². The average molecular weight is 260 g/mol. The second-order valence-electron chi connectivity index (χ2n) is 4.56. The van der Waals surface area contributed by atoms with Crippen molar-refractivity contribution < 1.29 is 9.18 Å². The highest BCUT2D eigenvalue weighted by atomic mass is 19.1. The predicted molar refractivity (Wildman–Crippen MR) is 71.3 cm³/mol. The molecule has 0 bridgehead atoms. The van der Waals surface area contributed by atoms with Crippen molar-refractivity contribution in [2.24, 2.45) is 0 Å². The molecule has 2 rings (SSSR count). The van der Waals surface area contributed by atoms with Crippen LogP contribution in [0.25, 0.3) is 0 Å². The first-order valence-corrected chi connectivity index (χ1v) is 6.45. The van der Waals surface area contributed by atoms with Crippen molar-refractivity contribution in [3.8, 4) is 0 Å². The van der Waals surface area contributed by atoms with Crippen molar-refractivity contribution >= 4 is 5.78 Å². The summed E-state index contributed by atoms with van der Waals surface area (Å²) >= 11 is 0. The highest BCUT2D eigenvalue weighted by Gasteiger charge is 2.10. The van der Waals surface area contributed by atoms with Crippen LogP contribution in [0.4, 0.5) is 4.39 Å². The molecule has 0 aliphatic rings. The molecule has 0 N–H and O–H groups in total. The van der Waals surface area contributed by atoms with Gasteiger partial charge in [-0.25, -0.2) is 9.37 Å². The summed E-state index contributed by atoms with van der Waals surface area (Å²) in [4.78, 5) is 16.2. The molecule has 0 fully saturated rings. The Bertz CT molecular complexity index is 563. The third kappa shape index (κ3) is 3.74. The van der Waals surface area contributed by atoms with E-state index in [0.29, 0.717) is 12.0 Å². The maximum absolute atomic E-state index is 13.0. The molecule has 4 heteroatoms. The van der Waals surface area contributed by atoms with Crippen LogP contribution >= 0.6 is 0 Å². The van der Waals surface area contributed by atoms with Crippen molar-refractivity contribution in [2.75, 3.05) is 0 Å². The van der Waals surface area contributed by atoms with E-state index in [9.17, 15) is 9.18 Å². The number of halogens is 1. The summed E-state index contributed by atoms with van der Waals surface area (Å²) in [5.41, 5.74) is 0.707. The first-order valence-electron chi connectivity index (χ1n) is 6.45. The number of aromatic nitrogens is 2. The standard InChI is InChI=1S/C15H17FN2O/c1-2-7-18-8-6-17-15(18)11-14(19)10-12-4-3-5-13(16)9-12/h3-6,8-9H,2,7,10-11H2,1H3. The summed E-state index contributed by atoms with van der Waals surface area (Å²) in [5.74, 6) is 0.523. The lowest BCUT2D eigenvalue weighted by Crippen LogP contribution is -2.12. The smallest absolute Gasteiger partial charge is 0.144 e. The molecule has 0 amide bonds. The van der Waals surface area contributed by atoms with Gasteiger partial charge in [-0.3, -0.25) is 4.79 Å². The van der Waals surface area contributed by atoms with Crippen molar-refractivity contribution in [1.29, 1.82) is 0 Å². The van der Waals surface area contributed by atoms with Crippen LogP contribution in [0.15, 0.2) is 36.7 Å². The fourth-order valence-electron chi connectivity index (χ4n) is 2.07. The van der Waals surface area contributed by atoms with E-state index in [0.717, 1.165) is 18.8 Å². The molecule has 0 aliphatic carbocycles. The highest BCUT2D eigenvalue weighted by molar-refractivity contribution is 5.82. The second-order valence-corrected chi connectivity index (χ2v) is 4.56. The van der Waals surface area contributed by atoms with E-state index >= 15 is 0 Å². The van der Waals surface area contributed by atoms with Gasteiger partial charge >= 0.3 is 0 Å². The van der Waals surface area contributed by atoms with E-state index in [4.69, 9.17) is 0 Å². The SMILES string of the molecule is CCCn1ccnc1CC(=O)Cc1cccc(F)c1. The molecule has 2 aromatic rings. The minimum Gasteiger partial charge on any atom is -0.335 e. The van der Waals surface area contributed by atoms with E-state index in [2.05, 4.69) is 11.9 Å². The zero-order valence-electron chi connectivity index (χ0n) is 11.0. The molecular weight excluding hydrogens is 243 g/mol. The topological polar surface area (TPSA) is 34.9 Å². The molecule has 0 atom stereocenters. The number of rotatable bonds is 6. The second kappa shape index (κ2) is 6.27. The molecule has 1 aromatic carbocycles. The number of carbonyl (C=O) groups excluding carboxylic acids is 1. The number of nitrogens with zero attached hydrogens (tertiary/aromatic N) is 2. The van der Waals surface area contributed by atoms with Gasteiger partial charge in [0, 0.05) is 25.4 Å². The molecule has 0 spiro atoms. The van der Waals surface area contributed by atoms with E-state index in [-0.39, 0.29) is 18.0 Å². The van der Waals surface area contributed by atoms with Gasteiger partial charge in [0.15, 0.2) is 0 Å². The fourth-order valence-corrected chi connectivity index (χ4v) is 2.07. The van der Waals surface area contributed by atoms with Crippen molar-refractivity contribution in [3.05, 3.63) is 53.9 Å². The van der Waals surface area contributed by atoms with Crippen molar-refractivity contribution in [2.45, 2.75) is 32.7 Å². The minimum absolute atomic E-state index is 0.0501. The summed E-state index contributed by atoms with van der Waals surface area (Å²) in [7, 11) is 0. The predicted octanol–water partition coefficient (Wildman–Crippen LogP) is 2.79. The summed E-state index contributed by atoms with van der Waals surface area (Å²) in [6.07, 6.45) is 5.14. The Balaban J connectivity index is 1.99. The monoisotopic (exact) mass is 260 g/mol. The Morgan fingerprint density at radius 1 is 1.37 bits per heavy atom. The molecule has 3 nitrogen and oxygen atoms in total. The van der Waals surface area contributed by atoms with Crippen LogP contribution < -0.4 is 0 Å². The third-order valence-electron chi connectivity index (χ3n) is 2.91. The van der Waals surface area contributed by atoms with Gasteiger partial charge in [0.25, 0.3) is 0 Å². The van der Waals surface area contributed by atoms with Crippen LogP contribution in [0.1, 0.15) is 24.7 Å². The van der Waals surface area contributed by atoms with E-state index in [1.165, 1.54) is 12.1 Å². The maximum Gasteiger partial charge on any atom is 0.144 e. The van der Waals surface area contributed by atoms with Gasteiger partial charge in [-0.2, -0.15) is 0 Å². The first kappa shape index (κ1) is 13.5. The quantitative estimate of drug-likeness (QED) is 0.800. The van der Waals surface area contributed by atoms with Gasteiger partial charge in [-0.15, -0.1) is 0 Å². The van der Waals surface area contributed by atoms with Crippen molar-refractivity contribution in [3.63, 3.8) is 0 Å². The Kier molecular flexibility index (Phi) is 4.44. The molecular formula is C15H17FN2O. The molecule has 0 aliphatic heterocycles. The van der Waals surface area contributed by atoms with Gasteiger partial charge in [0.2, 0.25) is 0 Å². The first-order chi connectivity index (χ1) is 9.19. The fraction of sp³-hybridized carbons (Fsp3) is 0.333. The van der Waals surface area contributed by atoms with E-state index < -0.39 is 0 Å². The lowest BCUT2D eigenvalue weighted by Gasteiger charge is -2.06. The average Bonchev–Trinajstić information content (AvgIpc) is 2.77. The Morgan fingerprint density at radius 3 is 2.95 bits per heavy atom. The zero-order valence-corrected chi connectivity index (χ0v) is 11.0. The number of aryl methyl sites for hydroxylation is 1. The third-order valence-corrected chi connectivity index (χ3v) is 2.91. The Labute approximate surface area is 112 Å². The van der Waals surface area contributed by atoms with Crippen LogP contribution in [-0.4, -0.2) is 15.3 Å². The molecule has 0 saturated carbocycles. The van der Waals surface area contributed by atoms with Crippen LogP contribution in [0.2, 0.25) is 0 Å². The van der Waals surface area contributed by atoms with Gasteiger partial charge in [-0.05, 0) is 24.1 Å². The van der Waals surface area contributed by atoms with Crippen LogP contribution in [0, 0.1) is 5.82 Å². The van der Waals surface area contributed by atoms with Crippen molar-refractivity contribution in [1.82, 2.24) is 9.55 Å². The largest absolute Gasteiger partial charge is 0.335 e. The molecule has 1 aromatic heterocycles. The Morgan fingerprint density at radius 2 is 2.21 bits per heavy atom. The molecule has 0 unspecified atom stereocenters. The number of benzene rings is 1. The highest BCUT2D eigenvalue weighted by Crippen LogP contribution is 2.07. The van der Waals surface area contributed by atoms with Crippen LogP contribution in [0.3, 0.4) is 0 Å². The zero-order chi connectivity index (χ0) is 13.7.